The van der Waals surface area contributed by atoms with Crippen LogP contribution in [-0.4, -0.2) is 48.6 Å². The Labute approximate surface area is 242 Å². The number of thiocarbonyl (C=S) groups is 2. The summed E-state index contributed by atoms with van der Waals surface area (Å²) in [6, 6.07) is 18.1. The first-order valence-electron chi connectivity index (χ1n) is 9.56. The van der Waals surface area contributed by atoms with Crippen LogP contribution in [0.4, 0.5) is 0 Å². The Morgan fingerprint density at radius 2 is 1.26 bits per heavy atom. The number of isothiocyanates is 2. The van der Waals surface area contributed by atoms with Crippen molar-refractivity contribution in [3.05, 3.63) is 101 Å². The fourth-order valence-corrected chi connectivity index (χ4v) is 2.88. The second-order valence-electron chi connectivity index (χ2n) is 6.74. The number of nitrogens with zero attached hydrogens (tertiary/aromatic N) is 6. The van der Waals surface area contributed by atoms with Crippen molar-refractivity contribution < 1.29 is 17.1 Å². The van der Waals surface area contributed by atoms with Crippen LogP contribution in [0.15, 0.2) is 67.0 Å². The number of pyridine rings is 3. The largest absolute Gasteiger partial charge is 3.00 e. The molecule has 0 aromatic carbocycles. The van der Waals surface area contributed by atoms with Gasteiger partial charge in [-0.3, -0.25) is 15.0 Å². The van der Waals surface area contributed by atoms with Crippen molar-refractivity contribution in [2.45, 2.75) is 23.2 Å². The monoisotopic (exact) mass is 608 g/mol. The summed E-state index contributed by atoms with van der Waals surface area (Å²) in [5.41, 5.74) is 3.39. The molecule has 0 atom stereocenters. The molecule has 0 spiro atoms. The Morgan fingerprint density at radius 1 is 0.857 bits per heavy atom. The molecular weight excluding hydrogens is 587 g/mol. The fraction of sp³-hybridized carbons (Fsp3) is 0.261. The third-order valence-electron chi connectivity index (χ3n) is 4.15. The van der Waals surface area contributed by atoms with Crippen molar-refractivity contribution in [3.63, 3.8) is 0 Å². The molecule has 0 saturated carbocycles. The van der Waals surface area contributed by atoms with Gasteiger partial charge in [0, 0.05) is 18.9 Å². The summed E-state index contributed by atoms with van der Waals surface area (Å²) in [5.74, 6) is 0. The average Bonchev–Trinajstić information content (AvgIpc) is 2.80. The number of hydrogen-bond donors (Lipinski definition) is 0. The molecule has 3 heterocycles. The number of aromatic nitrogens is 3. The molecule has 0 N–H and O–H groups in total. The van der Waals surface area contributed by atoms with Gasteiger partial charge in [-0.1, -0.05) is 77.4 Å². The van der Waals surface area contributed by atoms with Crippen molar-refractivity contribution in [3.8, 4) is 0 Å². The quantitative estimate of drug-likeness (QED) is 0.140. The molecule has 0 aliphatic heterocycles. The first-order valence-corrected chi connectivity index (χ1v) is 11.7. The van der Waals surface area contributed by atoms with Crippen LogP contribution in [0, 0.1) is 0 Å². The molecule has 0 aliphatic carbocycles. The standard InChI is InChI=1S/C20H22N4.CHCl3.2CNS.Fe/c1-20(17-10-4-6-13-21-17,18-11-5-7-14-22-18)19-12-8-9-16(23-19)15-24(2)3;2-1(3)4;2*2-1-3;/h4-14H,15H2,1-3H3;1H;;;/q;;2*-1;+3. The van der Waals surface area contributed by atoms with E-state index in [9.17, 15) is 0 Å². The first kappa shape index (κ1) is 35.6. The van der Waals surface area contributed by atoms with Crippen LogP contribution in [0.2, 0.25) is 0 Å². The van der Waals surface area contributed by atoms with Gasteiger partial charge in [-0.15, -0.1) is 0 Å². The van der Waals surface area contributed by atoms with E-state index < -0.39 is 9.71 Å². The van der Waals surface area contributed by atoms with Gasteiger partial charge in [0.2, 0.25) is 0 Å². The van der Waals surface area contributed by atoms with E-state index in [0.29, 0.717) is 0 Å². The maximum Gasteiger partial charge on any atom is 3.00 e. The Hall–Kier alpha value is -1.60. The number of alkyl halides is 3. The summed E-state index contributed by atoms with van der Waals surface area (Å²) in [5, 5.41) is 16.9. The van der Waals surface area contributed by atoms with E-state index in [2.05, 4.69) is 64.4 Å². The predicted octanol–water partition coefficient (Wildman–Crippen LogP) is 6.59. The summed E-state index contributed by atoms with van der Waals surface area (Å²) in [7, 11) is 4.09. The first-order chi connectivity index (χ1) is 16.2. The predicted molar refractivity (Wildman–Crippen MR) is 149 cm³/mol. The smallest absolute Gasteiger partial charge is 0.753 e. The molecular formula is C23H23Cl3FeN6S2+. The second kappa shape index (κ2) is 20.6. The van der Waals surface area contributed by atoms with E-state index in [0.717, 1.165) is 29.3 Å². The summed E-state index contributed by atoms with van der Waals surface area (Å²) in [4.78, 5) is 16.2. The van der Waals surface area contributed by atoms with Crippen molar-refractivity contribution in [1.82, 2.24) is 19.9 Å². The third-order valence-corrected chi connectivity index (χ3v) is 4.15. The topological polar surface area (TPSA) is 86.5 Å². The molecule has 0 aliphatic rings. The minimum absolute atomic E-state index is 0. The van der Waals surface area contributed by atoms with E-state index >= 15 is 0 Å². The van der Waals surface area contributed by atoms with Crippen LogP contribution in [-0.2, 0) is 29.0 Å². The summed E-state index contributed by atoms with van der Waals surface area (Å²) < 4.78 is -0.750. The van der Waals surface area contributed by atoms with Gasteiger partial charge >= 0.3 is 17.1 Å². The Morgan fingerprint density at radius 3 is 1.60 bits per heavy atom. The Kier molecular flexibility index (Phi) is 20.9. The molecule has 0 saturated heterocycles. The van der Waals surface area contributed by atoms with E-state index in [4.69, 9.17) is 50.6 Å². The maximum absolute atomic E-state index is 7.13. The van der Waals surface area contributed by atoms with Crippen LogP contribution in [0.3, 0.4) is 0 Å². The van der Waals surface area contributed by atoms with Crippen molar-refractivity contribution in [2.24, 2.45) is 0 Å². The zero-order chi connectivity index (χ0) is 26.0. The zero-order valence-corrected chi connectivity index (χ0v) is 24.1. The van der Waals surface area contributed by atoms with Gasteiger partial charge in [-0.05, 0) is 57.4 Å². The average molecular weight is 610 g/mol. The van der Waals surface area contributed by atoms with E-state index in [1.54, 1.807) is 0 Å². The normalized spacial score (nSPS) is 9.49. The van der Waals surface area contributed by atoms with Crippen molar-refractivity contribution >= 4 is 69.6 Å². The molecule has 185 valence electrons. The molecule has 6 nitrogen and oxygen atoms in total. The summed E-state index contributed by atoms with van der Waals surface area (Å²) in [6.07, 6.45) is 3.64. The molecule has 3 aromatic rings. The SMILES string of the molecule is CN(C)Cc1cccc(C(C)(c2ccccn2)c2ccccn2)n1.ClC(Cl)Cl.[Fe+3].[N-]=C=S.[N-]=C=S. The van der Waals surface area contributed by atoms with Gasteiger partial charge in [-0.2, -0.15) is 10.3 Å². The van der Waals surface area contributed by atoms with Crippen molar-refractivity contribution in [1.29, 1.82) is 0 Å². The molecule has 0 unspecified atom stereocenters. The van der Waals surface area contributed by atoms with Gasteiger partial charge in [-0.25, -0.2) is 0 Å². The number of hydrogen-bond acceptors (Lipinski definition) is 6. The molecule has 35 heavy (non-hydrogen) atoms. The molecule has 3 aromatic heterocycles. The summed E-state index contributed by atoms with van der Waals surface area (Å²) >= 11 is 21.8. The number of halogens is 3. The van der Waals surface area contributed by atoms with Crippen LogP contribution < -0.4 is 0 Å². The third kappa shape index (κ3) is 13.9. The van der Waals surface area contributed by atoms with Gasteiger partial charge < -0.3 is 15.7 Å². The molecule has 0 fully saturated rings. The summed E-state index contributed by atoms with van der Waals surface area (Å²) in [6.45, 7) is 2.94. The maximum atomic E-state index is 7.13. The van der Waals surface area contributed by atoms with Gasteiger partial charge in [0.05, 0.1) is 28.2 Å². The Bertz CT molecular complexity index is 977. The van der Waals surface area contributed by atoms with E-state index in [1.807, 2.05) is 62.9 Å². The Balaban J connectivity index is 0. The molecule has 12 heteroatoms. The molecule has 3 rings (SSSR count). The number of rotatable bonds is 5. The van der Waals surface area contributed by atoms with Crippen LogP contribution in [0.25, 0.3) is 10.8 Å². The molecule has 0 amide bonds. The van der Waals surface area contributed by atoms with E-state index in [-0.39, 0.29) is 17.1 Å². The molecule has 1 radical (unpaired) electrons. The van der Waals surface area contributed by atoms with Crippen LogP contribution in [0.1, 0.15) is 29.7 Å². The molecule has 0 bridgehead atoms. The zero-order valence-electron chi connectivity index (χ0n) is 19.1. The van der Waals surface area contributed by atoms with Crippen LogP contribution in [0.5, 0.6) is 0 Å². The minimum Gasteiger partial charge on any atom is -0.753 e. The van der Waals surface area contributed by atoms with Crippen molar-refractivity contribution in [2.75, 3.05) is 14.1 Å². The van der Waals surface area contributed by atoms with E-state index in [1.165, 1.54) is 10.3 Å². The van der Waals surface area contributed by atoms with Gasteiger partial charge in [0.25, 0.3) is 0 Å². The van der Waals surface area contributed by atoms with Gasteiger partial charge in [0.1, 0.15) is 0 Å². The van der Waals surface area contributed by atoms with Gasteiger partial charge in [0.15, 0.2) is 4.30 Å². The fourth-order valence-electron chi connectivity index (χ4n) is 2.88. The van der Waals surface area contributed by atoms with Crippen LogP contribution >= 0.6 is 59.2 Å². The minimum atomic E-state index is -0.750. The second-order valence-corrected chi connectivity index (χ2v) is 9.08.